The zero-order valence-corrected chi connectivity index (χ0v) is 31.7. The van der Waals surface area contributed by atoms with Crippen LogP contribution in [0, 0.1) is 0 Å². The average Bonchev–Trinajstić information content (AvgIpc) is 3.94. The third-order valence-electron chi connectivity index (χ3n) is 11.7. The summed E-state index contributed by atoms with van der Waals surface area (Å²) in [6.07, 6.45) is 0. The molecule has 0 N–H and O–H groups in total. The largest absolute Gasteiger partial charge is 0.309 e. The molecule has 0 fully saturated rings. The van der Waals surface area contributed by atoms with Crippen molar-refractivity contribution in [3.63, 3.8) is 0 Å². The normalized spacial score (nSPS) is 11.9. The highest BCUT2D eigenvalue weighted by Gasteiger charge is 2.20. The van der Waals surface area contributed by atoms with Gasteiger partial charge < -0.3 is 9.13 Å². The van der Waals surface area contributed by atoms with Gasteiger partial charge in [0.15, 0.2) is 0 Å². The maximum absolute atomic E-state index is 2.50. The summed E-state index contributed by atoms with van der Waals surface area (Å²) in [6.45, 7) is 0. The molecule has 0 amide bonds. The molecular weight excluding hydrogens is 709 g/mol. The van der Waals surface area contributed by atoms with Crippen molar-refractivity contribution in [2.45, 2.75) is 0 Å². The van der Waals surface area contributed by atoms with E-state index in [0.29, 0.717) is 0 Å². The number of benzene rings is 9. The Kier molecular flexibility index (Phi) is 7.13. The quantitative estimate of drug-likeness (QED) is 0.166. The van der Waals surface area contributed by atoms with Gasteiger partial charge in [0.1, 0.15) is 0 Å². The highest BCUT2D eigenvalue weighted by atomic mass is 32.1. The molecule has 0 aliphatic rings. The van der Waals surface area contributed by atoms with Crippen molar-refractivity contribution >= 4 is 75.1 Å². The van der Waals surface area contributed by atoms with Gasteiger partial charge >= 0.3 is 0 Å². The summed E-state index contributed by atoms with van der Waals surface area (Å²) in [7, 11) is 0. The number of nitrogens with zero attached hydrogens (tertiary/aromatic N) is 2. The van der Waals surface area contributed by atoms with E-state index in [0.717, 1.165) is 5.69 Å². The van der Waals surface area contributed by atoms with Crippen LogP contribution < -0.4 is 0 Å². The molecule has 57 heavy (non-hydrogen) atoms. The number of hydrogen-bond acceptors (Lipinski definition) is 1. The van der Waals surface area contributed by atoms with Crippen molar-refractivity contribution in [3.8, 4) is 44.8 Å². The van der Waals surface area contributed by atoms with Crippen LogP contribution in [0.2, 0.25) is 0 Å². The van der Waals surface area contributed by atoms with E-state index >= 15 is 0 Å². The van der Waals surface area contributed by atoms with E-state index in [4.69, 9.17) is 0 Å². The molecule has 3 heterocycles. The molecule has 266 valence electrons. The lowest BCUT2D eigenvalue weighted by molar-refractivity contribution is 1.18. The van der Waals surface area contributed by atoms with E-state index in [9.17, 15) is 0 Å². The average molecular weight is 743 g/mol. The molecule has 12 rings (SSSR count). The summed E-state index contributed by atoms with van der Waals surface area (Å²) in [5.74, 6) is 0. The molecule has 12 aromatic rings. The molecule has 0 radical (unpaired) electrons. The predicted molar refractivity (Wildman–Crippen MR) is 244 cm³/mol. The van der Waals surface area contributed by atoms with Crippen molar-refractivity contribution in [1.82, 2.24) is 9.13 Å². The van der Waals surface area contributed by atoms with E-state index in [1.807, 2.05) is 11.3 Å². The lowest BCUT2D eigenvalue weighted by Gasteiger charge is -2.11. The standard InChI is InChI=1S/C54H34N2S/c1-3-13-35(14-4-1)36-25-29-40(30-26-36)55-47-21-9-7-17-42(47)45-33-38(27-31-48(45)55)39-28-32-49-46(34-39)53-41(37-15-5-2-6-16-37)19-11-22-50(53)56(49)51-23-12-20-44-43-18-8-10-24-52(43)57-54(44)51/h1-34H. The third kappa shape index (κ3) is 4.96. The van der Waals surface area contributed by atoms with Gasteiger partial charge in [-0.15, -0.1) is 11.3 Å². The highest BCUT2D eigenvalue weighted by Crippen LogP contribution is 2.44. The van der Waals surface area contributed by atoms with E-state index in [-0.39, 0.29) is 0 Å². The van der Waals surface area contributed by atoms with Crippen molar-refractivity contribution in [2.24, 2.45) is 0 Å². The number of fused-ring (bicyclic) bond motifs is 9. The minimum absolute atomic E-state index is 1.16. The molecule has 0 saturated heterocycles. The third-order valence-corrected chi connectivity index (χ3v) is 12.9. The van der Waals surface area contributed by atoms with Crippen LogP contribution in [-0.2, 0) is 0 Å². The Bertz CT molecular complexity index is 3490. The molecule has 3 aromatic heterocycles. The molecule has 0 unspecified atom stereocenters. The summed E-state index contributed by atoms with van der Waals surface area (Å²) >= 11 is 1.88. The van der Waals surface area contributed by atoms with Gasteiger partial charge in [0.25, 0.3) is 0 Å². The Morgan fingerprint density at radius 3 is 1.67 bits per heavy atom. The molecule has 0 aliphatic carbocycles. The summed E-state index contributed by atoms with van der Waals surface area (Å²) in [6, 6.07) is 75.6. The van der Waals surface area contributed by atoms with Gasteiger partial charge in [0, 0.05) is 42.7 Å². The van der Waals surface area contributed by atoms with Crippen LogP contribution in [0.15, 0.2) is 206 Å². The summed E-state index contributed by atoms with van der Waals surface area (Å²) in [5, 5.41) is 7.64. The van der Waals surface area contributed by atoms with Crippen molar-refractivity contribution in [2.75, 3.05) is 0 Å². The molecular formula is C54H34N2S. The highest BCUT2D eigenvalue weighted by molar-refractivity contribution is 7.26. The van der Waals surface area contributed by atoms with Crippen molar-refractivity contribution < 1.29 is 0 Å². The zero-order chi connectivity index (χ0) is 37.5. The summed E-state index contributed by atoms with van der Waals surface area (Å²) in [5.41, 5.74) is 14.5. The molecule has 0 bridgehead atoms. The Morgan fingerprint density at radius 2 is 0.877 bits per heavy atom. The van der Waals surface area contributed by atoms with Crippen LogP contribution in [0.1, 0.15) is 0 Å². The van der Waals surface area contributed by atoms with Gasteiger partial charge in [0.05, 0.1) is 32.5 Å². The molecule has 0 atom stereocenters. The van der Waals surface area contributed by atoms with Crippen LogP contribution in [0.3, 0.4) is 0 Å². The van der Waals surface area contributed by atoms with Crippen LogP contribution in [0.25, 0.3) is 109 Å². The number of para-hydroxylation sites is 1. The minimum Gasteiger partial charge on any atom is -0.309 e. The maximum Gasteiger partial charge on any atom is 0.0640 e. The van der Waals surface area contributed by atoms with Crippen molar-refractivity contribution in [3.05, 3.63) is 206 Å². The van der Waals surface area contributed by atoms with Crippen molar-refractivity contribution in [1.29, 1.82) is 0 Å². The first-order chi connectivity index (χ1) is 28.3. The summed E-state index contributed by atoms with van der Waals surface area (Å²) in [4.78, 5) is 0. The van der Waals surface area contributed by atoms with Gasteiger partial charge in [-0.25, -0.2) is 0 Å². The Morgan fingerprint density at radius 1 is 0.316 bits per heavy atom. The topological polar surface area (TPSA) is 9.86 Å². The van der Waals surface area contributed by atoms with Gasteiger partial charge in [-0.3, -0.25) is 0 Å². The Hall–Kier alpha value is -7.20. The number of thiophene rings is 1. The molecule has 0 spiro atoms. The monoisotopic (exact) mass is 742 g/mol. The number of rotatable bonds is 5. The second kappa shape index (κ2) is 12.7. The predicted octanol–water partition coefficient (Wildman–Crippen LogP) is 15.2. The molecule has 0 aliphatic heterocycles. The molecule has 2 nitrogen and oxygen atoms in total. The van der Waals surface area contributed by atoms with Gasteiger partial charge in [-0.05, 0) is 94.0 Å². The Labute approximate surface area is 333 Å². The fourth-order valence-electron chi connectivity index (χ4n) is 9.14. The van der Waals surface area contributed by atoms with E-state index in [1.165, 1.54) is 103 Å². The van der Waals surface area contributed by atoms with E-state index in [1.54, 1.807) is 0 Å². The first-order valence-electron chi connectivity index (χ1n) is 19.5. The first kappa shape index (κ1) is 32.1. The fraction of sp³-hybridized carbons (Fsp3) is 0. The van der Waals surface area contributed by atoms with Crippen LogP contribution >= 0.6 is 11.3 Å². The lowest BCUT2D eigenvalue weighted by atomic mass is 9.97. The van der Waals surface area contributed by atoms with Crippen LogP contribution in [0.4, 0.5) is 0 Å². The first-order valence-corrected chi connectivity index (χ1v) is 20.3. The second-order valence-corrected chi connectivity index (χ2v) is 15.9. The lowest BCUT2D eigenvalue weighted by Crippen LogP contribution is -1.94. The molecule has 9 aromatic carbocycles. The van der Waals surface area contributed by atoms with Gasteiger partial charge in [0.2, 0.25) is 0 Å². The zero-order valence-electron chi connectivity index (χ0n) is 30.9. The number of hydrogen-bond donors (Lipinski definition) is 0. The molecule has 0 saturated carbocycles. The second-order valence-electron chi connectivity index (χ2n) is 14.9. The maximum atomic E-state index is 2.50. The van der Waals surface area contributed by atoms with Crippen LogP contribution in [0.5, 0.6) is 0 Å². The number of aromatic nitrogens is 2. The van der Waals surface area contributed by atoms with Gasteiger partial charge in [-0.1, -0.05) is 146 Å². The van der Waals surface area contributed by atoms with Gasteiger partial charge in [-0.2, -0.15) is 0 Å². The SMILES string of the molecule is c1ccc(-c2ccc(-n3c4ccccc4c4cc(-c5ccc6c(c5)c5c(-c7ccccc7)cccc5n6-c5cccc6c5sc5ccccc56)ccc43)cc2)cc1. The summed E-state index contributed by atoms with van der Waals surface area (Å²) < 4.78 is 7.52. The van der Waals surface area contributed by atoms with Crippen LogP contribution in [-0.4, -0.2) is 9.13 Å². The Balaban J connectivity index is 1.07. The minimum atomic E-state index is 1.16. The smallest absolute Gasteiger partial charge is 0.0640 e. The van der Waals surface area contributed by atoms with E-state index < -0.39 is 0 Å². The van der Waals surface area contributed by atoms with E-state index in [2.05, 4.69) is 215 Å². The molecule has 3 heteroatoms. The fourth-order valence-corrected chi connectivity index (χ4v) is 10.3.